The summed E-state index contributed by atoms with van der Waals surface area (Å²) in [7, 11) is 12.8. The summed E-state index contributed by atoms with van der Waals surface area (Å²) in [6.45, 7) is 1.42. The molecule has 4 heteroatoms. The summed E-state index contributed by atoms with van der Waals surface area (Å²) in [6, 6.07) is 29.5. The van der Waals surface area contributed by atoms with E-state index in [0.717, 1.165) is 22.3 Å². The number of hydrogen-bond donors (Lipinski definition) is 2. The zero-order valence-corrected chi connectivity index (χ0v) is 22.8. The highest BCUT2D eigenvalue weighted by Crippen LogP contribution is 2.56. The molecule has 5 rings (SSSR count). The summed E-state index contributed by atoms with van der Waals surface area (Å²) in [6.07, 6.45) is 0. The lowest BCUT2D eigenvalue weighted by Crippen LogP contribution is -2.34. The number of aromatic hydroxyl groups is 2. The van der Waals surface area contributed by atoms with E-state index in [4.69, 9.17) is 0 Å². The van der Waals surface area contributed by atoms with Gasteiger partial charge in [0.1, 0.15) is 24.6 Å². The Labute approximate surface area is 220 Å². The summed E-state index contributed by atoms with van der Waals surface area (Å²) < 4.78 is 1.42. The number of rotatable bonds is 6. The van der Waals surface area contributed by atoms with Crippen molar-refractivity contribution in [2.75, 3.05) is 42.3 Å². The van der Waals surface area contributed by atoms with Crippen molar-refractivity contribution in [2.45, 2.75) is 18.5 Å². The fourth-order valence-corrected chi connectivity index (χ4v) is 5.94. The van der Waals surface area contributed by atoms with Crippen LogP contribution in [0.25, 0.3) is 11.1 Å². The van der Waals surface area contributed by atoms with Gasteiger partial charge < -0.3 is 19.2 Å². The minimum absolute atomic E-state index is 0.322. The minimum Gasteiger partial charge on any atom is -0.507 e. The molecule has 1 aliphatic carbocycles. The average Bonchev–Trinajstić information content (AvgIpc) is 3.12. The van der Waals surface area contributed by atoms with E-state index >= 15 is 0 Å². The van der Waals surface area contributed by atoms with Gasteiger partial charge in [-0.25, -0.2) is 0 Å². The van der Waals surface area contributed by atoms with Gasteiger partial charge in [0, 0.05) is 11.1 Å². The molecule has 0 bridgehead atoms. The molecule has 4 aromatic rings. The molecule has 0 radical (unpaired) electrons. The first kappa shape index (κ1) is 25.1. The Bertz CT molecular complexity index is 1360. The first-order valence-electron chi connectivity index (χ1n) is 12.9. The van der Waals surface area contributed by atoms with Crippen molar-refractivity contribution < 1.29 is 19.2 Å². The molecule has 190 valence electrons. The highest BCUT2D eigenvalue weighted by atomic mass is 16.3. The summed E-state index contributed by atoms with van der Waals surface area (Å²) in [5, 5.41) is 21.7. The highest BCUT2D eigenvalue weighted by Gasteiger charge is 2.46. The number of nitrogens with zero attached hydrogens (tertiary/aromatic N) is 2. The molecule has 0 heterocycles. The van der Waals surface area contributed by atoms with Gasteiger partial charge in [-0.2, -0.15) is 0 Å². The molecule has 0 aromatic heterocycles. The van der Waals surface area contributed by atoms with Gasteiger partial charge in [-0.3, -0.25) is 0 Å². The van der Waals surface area contributed by atoms with Crippen LogP contribution in [0.4, 0.5) is 0 Å². The highest BCUT2D eigenvalue weighted by molar-refractivity contribution is 5.86. The lowest BCUT2D eigenvalue weighted by Gasteiger charge is -2.35. The van der Waals surface area contributed by atoms with Crippen molar-refractivity contribution >= 4 is 0 Å². The van der Waals surface area contributed by atoms with E-state index in [-0.39, 0.29) is 0 Å². The average molecular weight is 495 g/mol. The SMILES string of the molecule is C[N+](C)(C)Cc1cc(C2(c3ccc(O)c(C[N+](C)(C)C)c3)c3ccccc3-c3ccccc32)ccc1O. The van der Waals surface area contributed by atoms with Gasteiger partial charge in [-0.05, 0) is 57.6 Å². The third kappa shape index (κ3) is 4.41. The molecule has 0 saturated heterocycles. The Morgan fingerprint density at radius 3 is 1.30 bits per heavy atom. The largest absolute Gasteiger partial charge is 0.507 e. The molecule has 0 saturated carbocycles. The smallest absolute Gasteiger partial charge is 0.124 e. The quantitative estimate of drug-likeness (QED) is 0.290. The van der Waals surface area contributed by atoms with Gasteiger partial charge in [-0.15, -0.1) is 0 Å². The molecule has 1 aliphatic rings. The lowest BCUT2D eigenvalue weighted by atomic mass is 9.67. The molecule has 4 aromatic carbocycles. The number of phenols is 2. The Balaban J connectivity index is 1.87. The molecule has 37 heavy (non-hydrogen) atoms. The predicted octanol–water partition coefficient (Wildman–Crippen LogP) is 5.87. The lowest BCUT2D eigenvalue weighted by molar-refractivity contribution is -0.884. The second-order valence-electron chi connectivity index (χ2n) is 12.4. The van der Waals surface area contributed by atoms with Crippen LogP contribution >= 0.6 is 0 Å². The van der Waals surface area contributed by atoms with Crippen molar-refractivity contribution in [1.82, 2.24) is 0 Å². The second kappa shape index (κ2) is 8.76. The van der Waals surface area contributed by atoms with Crippen LogP contribution < -0.4 is 0 Å². The fourth-order valence-electron chi connectivity index (χ4n) is 5.94. The van der Waals surface area contributed by atoms with Crippen LogP contribution in [0.3, 0.4) is 0 Å². The van der Waals surface area contributed by atoms with Gasteiger partial charge in [-0.1, -0.05) is 60.7 Å². The maximum atomic E-state index is 10.8. The number of fused-ring (bicyclic) bond motifs is 3. The molecular formula is C33H38N2O2+2. The van der Waals surface area contributed by atoms with Gasteiger partial charge in [0.15, 0.2) is 0 Å². The molecule has 2 N–H and O–H groups in total. The van der Waals surface area contributed by atoms with E-state index < -0.39 is 5.41 Å². The zero-order valence-electron chi connectivity index (χ0n) is 22.8. The van der Waals surface area contributed by atoms with Crippen LogP contribution in [0, 0.1) is 0 Å². The van der Waals surface area contributed by atoms with Crippen LogP contribution in [-0.2, 0) is 18.5 Å². The fraction of sp³-hybridized carbons (Fsp3) is 0.273. The molecule has 0 fully saturated rings. The van der Waals surface area contributed by atoms with Gasteiger partial charge >= 0.3 is 0 Å². The van der Waals surface area contributed by atoms with Crippen molar-refractivity contribution in [3.8, 4) is 22.6 Å². The molecular weight excluding hydrogens is 456 g/mol. The van der Waals surface area contributed by atoms with Crippen molar-refractivity contribution in [3.05, 3.63) is 118 Å². The van der Waals surface area contributed by atoms with E-state index in [0.29, 0.717) is 33.6 Å². The monoisotopic (exact) mass is 494 g/mol. The van der Waals surface area contributed by atoms with Gasteiger partial charge in [0.2, 0.25) is 0 Å². The Hall–Kier alpha value is -3.60. The van der Waals surface area contributed by atoms with E-state index in [1.165, 1.54) is 22.3 Å². The zero-order chi connectivity index (χ0) is 26.6. The standard InChI is InChI=1S/C33H36N2O2/c1-34(2,3)21-23-19-25(15-17-31(23)36)33(26-16-18-32(37)24(20-26)22-35(4,5)6)29-13-9-7-11-27(29)28-12-8-10-14-30(28)33/h7-20H,21-22H2,1-6H3/p+2. The molecule has 0 aliphatic heterocycles. The van der Waals surface area contributed by atoms with E-state index in [1.807, 2.05) is 12.1 Å². The Morgan fingerprint density at radius 2 is 0.919 bits per heavy atom. The van der Waals surface area contributed by atoms with Gasteiger partial charge in [0.05, 0.1) is 47.7 Å². The van der Waals surface area contributed by atoms with E-state index in [9.17, 15) is 10.2 Å². The van der Waals surface area contributed by atoms with Crippen molar-refractivity contribution in [3.63, 3.8) is 0 Å². The normalized spacial score (nSPS) is 14.3. The molecule has 0 atom stereocenters. The summed E-state index contributed by atoms with van der Waals surface area (Å²) >= 11 is 0. The molecule has 0 spiro atoms. The molecule has 0 amide bonds. The number of benzene rings is 4. The maximum absolute atomic E-state index is 10.8. The van der Waals surface area contributed by atoms with Crippen LogP contribution in [0.5, 0.6) is 11.5 Å². The molecule has 4 nitrogen and oxygen atoms in total. The van der Waals surface area contributed by atoms with Crippen LogP contribution in [0.15, 0.2) is 84.9 Å². The first-order chi connectivity index (χ1) is 17.4. The van der Waals surface area contributed by atoms with Crippen molar-refractivity contribution in [2.24, 2.45) is 0 Å². The topological polar surface area (TPSA) is 40.5 Å². The Morgan fingerprint density at radius 1 is 0.541 bits per heavy atom. The molecule has 0 unspecified atom stereocenters. The van der Waals surface area contributed by atoms with Crippen molar-refractivity contribution in [1.29, 1.82) is 0 Å². The van der Waals surface area contributed by atoms with Crippen LogP contribution in [0.1, 0.15) is 33.4 Å². The number of quaternary nitrogens is 2. The summed E-state index contributed by atoms with van der Waals surface area (Å²) in [5.74, 6) is 0.644. The Kier molecular flexibility index (Phi) is 5.93. The maximum Gasteiger partial charge on any atom is 0.124 e. The second-order valence-corrected chi connectivity index (χ2v) is 12.4. The minimum atomic E-state index is -0.576. The first-order valence-corrected chi connectivity index (χ1v) is 12.9. The predicted molar refractivity (Wildman–Crippen MR) is 151 cm³/mol. The summed E-state index contributed by atoms with van der Waals surface area (Å²) in [4.78, 5) is 0. The van der Waals surface area contributed by atoms with E-state index in [1.54, 1.807) is 0 Å². The van der Waals surface area contributed by atoms with Gasteiger partial charge in [0.25, 0.3) is 0 Å². The van der Waals surface area contributed by atoms with Crippen LogP contribution in [0.2, 0.25) is 0 Å². The third-order valence-corrected chi connectivity index (χ3v) is 7.27. The number of phenolic OH excluding ortho intramolecular Hbond substituents is 2. The van der Waals surface area contributed by atoms with E-state index in [2.05, 4.69) is 115 Å². The number of hydrogen-bond acceptors (Lipinski definition) is 2. The summed E-state index contributed by atoms with van der Waals surface area (Å²) in [5.41, 5.74) is 8.41. The van der Waals surface area contributed by atoms with Crippen LogP contribution in [-0.4, -0.2) is 61.5 Å². The third-order valence-electron chi connectivity index (χ3n) is 7.27.